The fraction of sp³-hybridized carbons (Fsp3) is 0.444. The Bertz CT molecular complexity index is 1100. The number of nitrogens with one attached hydrogen (secondary N) is 1. The number of aromatic hydroxyl groups is 1. The number of phenolic OH excluding ortho intramolecular Hbond substituents is 1. The van der Waals surface area contributed by atoms with E-state index in [1.54, 1.807) is 49.6 Å². The molecule has 7 nitrogen and oxygen atoms in total. The zero-order valence-corrected chi connectivity index (χ0v) is 20.3. The molecule has 7 heteroatoms. The van der Waals surface area contributed by atoms with Gasteiger partial charge in [-0.3, -0.25) is 4.79 Å². The van der Waals surface area contributed by atoms with E-state index >= 15 is 0 Å². The van der Waals surface area contributed by atoms with Gasteiger partial charge in [0.1, 0.15) is 11.5 Å². The first-order valence-electron chi connectivity index (χ1n) is 11.4. The largest absolute Gasteiger partial charge is 0.507 e. The Kier molecular flexibility index (Phi) is 6.23. The second-order valence-corrected chi connectivity index (χ2v) is 10.1. The molecule has 34 heavy (non-hydrogen) atoms. The van der Waals surface area contributed by atoms with Crippen molar-refractivity contribution in [2.24, 2.45) is 5.41 Å². The summed E-state index contributed by atoms with van der Waals surface area (Å²) in [4.78, 5) is 12.8. The fourth-order valence-corrected chi connectivity index (χ4v) is 4.66. The van der Waals surface area contributed by atoms with Crippen LogP contribution in [0.3, 0.4) is 0 Å². The highest BCUT2D eigenvalue weighted by Crippen LogP contribution is 2.48. The Morgan fingerprint density at radius 2 is 1.79 bits per heavy atom. The molecule has 2 aromatic carbocycles. The van der Waals surface area contributed by atoms with Crippen molar-refractivity contribution >= 4 is 17.7 Å². The minimum Gasteiger partial charge on any atom is -0.507 e. The number of amides is 1. The number of carbonyl (C=O) groups is 1. The summed E-state index contributed by atoms with van der Waals surface area (Å²) in [5, 5.41) is 26.1. The van der Waals surface area contributed by atoms with Crippen molar-refractivity contribution in [1.82, 2.24) is 0 Å². The van der Waals surface area contributed by atoms with Gasteiger partial charge in [-0.05, 0) is 55.0 Å². The Balaban J connectivity index is 1.78. The van der Waals surface area contributed by atoms with Gasteiger partial charge >= 0.3 is 0 Å². The van der Waals surface area contributed by atoms with Crippen LogP contribution in [-0.4, -0.2) is 48.7 Å². The van der Waals surface area contributed by atoms with Crippen LogP contribution in [0.5, 0.6) is 11.5 Å². The van der Waals surface area contributed by atoms with Crippen LogP contribution in [-0.2, 0) is 19.9 Å². The standard InChI is InChI=1S/C27H33NO6/c1-25(2)14-15-26(3,34-16-25)13-12-17-6-11-20-21(22(17)29)27(31,23(33-5)24(30)28-20)18-7-9-19(32-4)10-8-18/h6-13,23,29,31H,14-16H2,1-5H3,(H,28,30). The Hall–Kier alpha value is -2.87. The molecule has 2 heterocycles. The summed E-state index contributed by atoms with van der Waals surface area (Å²) in [5.74, 6) is -0.0257. The maximum Gasteiger partial charge on any atom is 0.257 e. The second kappa shape index (κ2) is 8.73. The lowest BCUT2D eigenvalue weighted by atomic mass is 9.76. The van der Waals surface area contributed by atoms with Crippen molar-refractivity contribution in [2.45, 2.75) is 50.9 Å². The van der Waals surface area contributed by atoms with Crippen LogP contribution in [0.2, 0.25) is 0 Å². The number of aliphatic hydroxyl groups is 1. The summed E-state index contributed by atoms with van der Waals surface area (Å²) in [5.41, 5.74) is -0.808. The van der Waals surface area contributed by atoms with Gasteiger partial charge in [0.2, 0.25) is 0 Å². The lowest BCUT2D eigenvalue weighted by Gasteiger charge is -2.41. The zero-order valence-electron chi connectivity index (χ0n) is 20.3. The van der Waals surface area contributed by atoms with Gasteiger partial charge in [-0.25, -0.2) is 0 Å². The third-order valence-electron chi connectivity index (χ3n) is 6.94. The summed E-state index contributed by atoms with van der Waals surface area (Å²) in [6, 6.07) is 10.1. The first-order chi connectivity index (χ1) is 16.0. The molecule has 1 fully saturated rings. The lowest BCUT2D eigenvalue weighted by Crippen LogP contribution is -2.52. The molecule has 0 saturated carbocycles. The molecule has 0 bridgehead atoms. The zero-order chi connectivity index (χ0) is 24.7. The maximum absolute atomic E-state index is 12.8. The van der Waals surface area contributed by atoms with Crippen LogP contribution in [0.4, 0.5) is 5.69 Å². The molecule has 4 rings (SSSR count). The average molecular weight is 468 g/mol. The number of fused-ring (bicyclic) bond motifs is 1. The molecule has 0 spiro atoms. The summed E-state index contributed by atoms with van der Waals surface area (Å²) in [6.07, 6.45) is 4.38. The van der Waals surface area contributed by atoms with Gasteiger partial charge in [0.15, 0.2) is 11.7 Å². The summed E-state index contributed by atoms with van der Waals surface area (Å²) in [7, 11) is 2.90. The monoisotopic (exact) mass is 467 g/mol. The third kappa shape index (κ3) is 4.19. The van der Waals surface area contributed by atoms with Crippen molar-refractivity contribution < 1.29 is 29.2 Å². The van der Waals surface area contributed by atoms with Gasteiger partial charge < -0.3 is 29.7 Å². The highest BCUT2D eigenvalue weighted by molar-refractivity contribution is 6.00. The summed E-state index contributed by atoms with van der Waals surface area (Å²) in [6.45, 7) is 7.06. The van der Waals surface area contributed by atoms with E-state index in [0.717, 1.165) is 12.8 Å². The van der Waals surface area contributed by atoms with Gasteiger partial charge in [-0.2, -0.15) is 0 Å². The van der Waals surface area contributed by atoms with Crippen LogP contribution in [0.25, 0.3) is 6.08 Å². The molecule has 1 amide bonds. The van der Waals surface area contributed by atoms with E-state index in [4.69, 9.17) is 14.2 Å². The molecular weight excluding hydrogens is 434 g/mol. The minimum absolute atomic E-state index is 0.131. The van der Waals surface area contributed by atoms with Gasteiger partial charge in [0.25, 0.3) is 5.91 Å². The number of hydrogen-bond acceptors (Lipinski definition) is 6. The van der Waals surface area contributed by atoms with Crippen molar-refractivity contribution in [1.29, 1.82) is 0 Å². The van der Waals surface area contributed by atoms with Crippen LogP contribution >= 0.6 is 0 Å². The van der Waals surface area contributed by atoms with Crippen molar-refractivity contribution in [3.63, 3.8) is 0 Å². The van der Waals surface area contributed by atoms with Gasteiger partial charge in [0.05, 0.1) is 30.6 Å². The average Bonchev–Trinajstić information content (AvgIpc) is 2.81. The number of carbonyl (C=O) groups excluding carboxylic acids is 1. The molecule has 2 aliphatic heterocycles. The van der Waals surface area contributed by atoms with Gasteiger partial charge in [-0.15, -0.1) is 0 Å². The summed E-state index contributed by atoms with van der Waals surface area (Å²) >= 11 is 0. The third-order valence-corrected chi connectivity index (χ3v) is 6.94. The minimum atomic E-state index is -1.91. The molecule has 3 N–H and O–H groups in total. The van der Waals surface area contributed by atoms with E-state index in [0.29, 0.717) is 29.2 Å². The number of ether oxygens (including phenoxy) is 3. The maximum atomic E-state index is 12.8. The Morgan fingerprint density at radius 1 is 1.09 bits per heavy atom. The van der Waals surface area contributed by atoms with E-state index < -0.39 is 23.2 Å². The molecule has 2 aliphatic rings. The van der Waals surface area contributed by atoms with E-state index in [-0.39, 0.29) is 16.7 Å². The molecule has 0 aliphatic carbocycles. The lowest BCUT2D eigenvalue weighted by molar-refractivity contribution is -0.142. The number of phenols is 1. The topological polar surface area (TPSA) is 97.3 Å². The van der Waals surface area contributed by atoms with Crippen LogP contribution in [0.15, 0.2) is 42.5 Å². The smallest absolute Gasteiger partial charge is 0.257 e. The van der Waals surface area contributed by atoms with Crippen LogP contribution in [0, 0.1) is 5.41 Å². The normalized spacial score (nSPS) is 28.4. The number of anilines is 1. The first-order valence-corrected chi connectivity index (χ1v) is 11.4. The van der Waals surface area contributed by atoms with Gasteiger partial charge in [0, 0.05) is 12.7 Å². The molecule has 1 saturated heterocycles. The van der Waals surface area contributed by atoms with E-state index in [1.807, 2.05) is 13.0 Å². The molecular formula is C27H33NO6. The number of rotatable bonds is 5. The molecule has 3 unspecified atom stereocenters. The quantitative estimate of drug-likeness (QED) is 0.610. The van der Waals surface area contributed by atoms with Gasteiger partial charge in [-0.1, -0.05) is 38.1 Å². The van der Waals surface area contributed by atoms with E-state index in [2.05, 4.69) is 19.2 Å². The summed E-state index contributed by atoms with van der Waals surface area (Å²) < 4.78 is 16.8. The predicted octanol–water partition coefficient (Wildman–Crippen LogP) is 4.21. The molecule has 182 valence electrons. The van der Waals surface area contributed by atoms with Crippen molar-refractivity contribution in [2.75, 3.05) is 26.1 Å². The Labute approximate surface area is 200 Å². The molecule has 0 aromatic heterocycles. The van der Waals surface area contributed by atoms with E-state index in [1.165, 1.54) is 7.11 Å². The number of benzene rings is 2. The first kappa shape index (κ1) is 24.3. The SMILES string of the molecule is COc1ccc(C2(O)c3c(ccc(C=CC4(C)CCC(C)(C)CO4)c3O)NC(=O)C2OC)cc1. The highest BCUT2D eigenvalue weighted by atomic mass is 16.5. The van der Waals surface area contributed by atoms with E-state index in [9.17, 15) is 15.0 Å². The fourth-order valence-electron chi connectivity index (χ4n) is 4.66. The number of hydrogen-bond donors (Lipinski definition) is 3. The van der Waals surface area contributed by atoms with Crippen molar-refractivity contribution in [3.05, 3.63) is 59.2 Å². The van der Waals surface area contributed by atoms with Crippen LogP contribution < -0.4 is 10.1 Å². The molecule has 2 aromatic rings. The number of methoxy groups -OCH3 is 2. The predicted molar refractivity (Wildman–Crippen MR) is 130 cm³/mol. The Morgan fingerprint density at radius 3 is 2.38 bits per heavy atom. The van der Waals surface area contributed by atoms with Crippen molar-refractivity contribution in [3.8, 4) is 11.5 Å². The second-order valence-electron chi connectivity index (χ2n) is 10.1. The highest BCUT2D eigenvalue weighted by Gasteiger charge is 2.51. The van der Waals surface area contributed by atoms with Crippen LogP contribution in [0.1, 0.15) is 50.3 Å². The molecule has 3 atom stereocenters. The molecule has 0 radical (unpaired) electrons.